The first kappa shape index (κ1) is 20.3. The zero-order chi connectivity index (χ0) is 18.0. The van der Waals surface area contributed by atoms with Gasteiger partial charge in [0.25, 0.3) is 0 Å². The Kier molecular flexibility index (Phi) is 6.37. The van der Waals surface area contributed by atoms with Crippen LogP contribution in [0, 0.1) is 24.1 Å². The Bertz CT molecular complexity index is 944. The minimum Gasteiger partial charge on any atom is -0.313 e. The minimum atomic E-state index is -3.77. The van der Waals surface area contributed by atoms with Crippen LogP contribution >= 0.6 is 12.4 Å². The van der Waals surface area contributed by atoms with Crippen molar-refractivity contribution in [2.45, 2.75) is 17.9 Å². The third-order valence-electron chi connectivity index (χ3n) is 4.32. The summed E-state index contributed by atoms with van der Waals surface area (Å²) in [7, 11) is -3.77. The van der Waals surface area contributed by atoms with Gasteiger partial charge < -0.3 is 5.32 Å². The Hall–Kier alpha value is -1.98. The molecule has 5 nitrogen and oxygen atoms in total. The Labute approximate surface area is 158 Å². The van der Waals surface area contributed by atoms with E-state index in [1.54, 1.807) is 25.1 Å². The van der Waals surface area contributed by atoms with E-state index in [9.17, 15) is 12.8 Å². The van der Waals surface area contributed by atoms with Crippen molar-refractivity contribution in [1.82, 2.24) is 9.62 Å². The number of sulfonamides is 1. The van der Waals surface area contributed by atoms with Crippen LogP contribution in [0.25, 0.3) is 0 Å². The topological polar surface area (TPSA) is 73.2 Å². The first-order valence-corrected chi connectivity index (χ1v) is 9.36. The molecule has 1 heterocycles. The number of benzene rings is 2. The van der Waals surface area contributed by atoms with E-state index < -0.39 is 21.9 Å². The molecule has 1 atom stereocenters. The summed E-state index contributed by atoms with van der Waals surface area (Å²) in [5, 5.41) is 12.1. The number of halogens is 2. The first-order valence-electron chi connectivity index (χ1n) is 7.92. The van der Waals surface area contributed by atoms with Gasteiger partial charge in [-0.25, -0.2) is 12.8 Å². The minimum absolute atomic E-state index is 0. The molecule has 3 rings (SSSR count). The van der Waals surface area contributed by atoms with Gasteiger partial charge in [0, 0.05) is 19.6 Å². The van der Waals surface area contributed by atoms with Gasteiger partial charge in [-0.2, -0.15) is 9.57 Å². The van der Waals surface area contributed by atoms with Gasteiger partial charge >= 0.3 is 0 Å². The fourth-order valence-electron chi connectivity index (χ4n) is 3.11. The summed E-state index contributed by atoms with van der Waals surface area (Å²) in [5.41, 5.74) is 1.55. The van der Waals surface area contributed by atoms with E-state index in [-0.39, 0.29) is 17.3 Å². The number of nitrogens with one attached hydrogen (secondary N) is 1. The molecule has 0 bridgehead atoms. The van der Waals surface area contributed by atoms with Crippen LogP contribution in [0.5, 0.6) is 0 Å². The van der Waals surface area contributed by atoms with Crippen molar-refractivity contribution >= 4 is 22.4 Å². The van der Waals surface area contributed by atoms with E-state index in [1.807, 2.05) is 6.07 Å². The third-order valence-corrected chi connectivity index (χ3v) is 6.39. The zero-order valence-corrected chi connectivity index (χ0v) is 15.8. The van der Waals surface area contributed by atoms with Crippen LogP contribution in [0.2, 0.25) is 0 Å². The molecule has 1 aliphatic heterocycles. The molecule has 8 heteroatoms. The van der Waals surface area contributed by atoms with Crippen molar-refractivity contribution in [3.63, 3.8) is 0 Å². The fourth-order valence-corrected chi connectivity index (χ4v) is 4.93. The average molecular weight is 396 g/mol. The van der Waals surface area contributed by atoms with Gasteiger partial charge in [0.15, 0.2) is 0 Å². The maximum atomic E-state index is 13.6. The molecule has 26 heavy (non-hydrogen) atoms. The number of rotatable bonds is 3. The summed E-state index contributed by atoms with van der Waals surface area (Å²) in [6.45, 7) is 2.91. The van der Waals surface area contributed by atoms with Crippen molar-refractivity contribution in [2.24, 2.45) is 0 Å². The molecule has 0 saturated carbocycles. The van der Waals surface area contributed by atoms with Crippen molar-refractivity contribution in [3.05, 3.63) is 65.0 Å². The fraction of sp³-hybridized carbons (Fsp3) is 0.278. The molecule has 0 amide bonds. The number of hydrogen-bond donors (Lipinski definition) is 1. The molecule has 1 aliphatic rings. The SMILES string of the molecule is Cc1cc(C#N)ccc1S(=O)(=O)N1CCNCC1c1cccc(F)c1.Cl. The van der Waals surface area contributed by atoms with Crippen molar-refractivity contribution < 1.29 is 12.8 Å². The molecule has 1 saturated heterocycles. The first-order chi connectivity index (χ1) is 11.9. The number of hydrogen-bond acceptors (Lipinski definition) is 4. The van der Waals surface area contributed by atoms with E-state index in [1.165, 1.54) is 28.6 Å². The molecule has 0 aliphatic carbocycles. The highest BCUT2D eigenvalue weighted by Gasteiger charge is 2.35. The summed E-state index contributed by atoms with van der Waals surface area (Å²) in [6, 6.07) is 12.1. The van der Waals surface area contributed by atoms with E-state index in [0.717, 1.165) is 0 Å². The number of nitriles is 1. The normalized spacial score (nSPS) is 18.0. The largest absolute Gasteiger partial charge is 0.313 e. The zero-order valence-electron chi connectivity index (χ0n) is 14.1. The number of nitrogens with zero attached hydrogens (tertiary/aromatic N) is 2. The summed E-state index contributed by atoms with van der Waals surface area (Å²) in [6.07, 6.45) is 0. The predicted octanol–water partition coefficient (Wildman–Crippen LogP) is 2.76. The van der Waals surface area contributed by atoms with Crippen LogP contribution < -0.4 is 5.32 Å². The van der Waals surface area contributed by atoms with E-state index in [0.29, 0.717) is 36.3 Å². The smallest absolute Gasteiger partial charge is 0.243 e. The predicted molar refractivity (Wildman–Crippen MR) is 99.0 cm³/mol. The van der Waals surface area contributed by atoms with E-state index in [2.05, 4.69) is 5.32 Å². The second-order valence-electron chi connectivity index (χ2n) is 5.98. The van der Waals surface area contributed by atoms with Gasteiger partial charge in [-0.1, -0.05) is 12.1 Å². The highest BCUT2D eigenvalue weighted by atomic mass is 35.5. The van der Waals surface area contributed by atoms with Gasteiger partial charge in [0.05, 0.1) is 22.6 Å². The standard InChI is InChI=1S/C18H18FN3O2S.ClH/c1-13-9-14(11-20)5-6-18(13)25(23,24)22-8-7-21-12-17(22)15-3-2-4-16(19)10-15;/h2-6,9-10,17,21H,7-8,12H2,1H3;1H. The van der Waals surface area contributed by atoms with Gasteiger partial charge in [0.1, 0.15) is 5.82 Å². The lowest BCUT2D eigenvalue weighted by Crippen LogP contribution is -2.48. The van der Waals surface area contributed by atoms with E-state index in [4.69, 9.17) is 5.26 Å². The maximum absolute atomic E-state index is 13.6. The Balaban J connectivity index is 0.00000243. The Morgan fingerprint density at radius 3 is 2.69 bits per heavy atom. The highest BCUT2D eigenvalue weighted by molar-refractivity contribution is 7.89. The van der Waals surface area contributed by atoms with Crippen LogP contribution in [0.3, 0.4) is 0 Å². The molecule has 0 radical (unpaired) electrons. The highest BCUT2D eigenvalue weighted by Crippen LogP contribution is 2.30. The molecular weight excluding hydrogens is 377 g/mol. The summed E-state index contributed by atoms with van der Waals surface area (Å²) in [4.78, 5) is 0.176. The molecule has 1 N–H and O–H groups in total. The molecule has 2 aromatic carbocycles. The molecular formula is C18H19ClFN3O2S. The quantitative estimate of drug-likeness (QED) is 0.867. The average Bonchev–Trinajstić information content (AvgIpc) is 2.61. The molecule has 1 fully saturated rings. The second-order valence-corrected chi connectivity index (χ2v) is 7.84. The number of aryl methyl sites for hydroxylation is 1. The molecule has 0 spiro atoms. The lowest BCUT2D eigenvalue weighted by Gasteiger charge is -2.35. The molecule has 138 valence electrons. The van der Waals surface area contributed by atoms with Crippen molar-refractivity contribution in [1.29, 1.82) is 5.26 Å². The van der Waals surface area contributed by atoms with Crippen LogP contribution in [-0.2, 0) is 10.0 Å². The molecule has 2 aromatic rings. The van der Waals surface area contributed by atoms with E-state index >= 15 is 0 Å². The Morgan fingerprint density at radius 1 is 1.27 bits per heavy atom. The van der Waals surface area contributed by atoms with Crippen molar-refractivity contribution in [2.75, 3.05) is 19.6 Å². The van der Waals surface area contributed by atoms with Gasteiger partial charge in [-0.15, -0.1) is 12.4 Å². The second kappa shape index (κ2) is 8.14. The summed E-state index contributed by atoms with van der Waals surface area (Å²) in [5.74, 6) is -0.394. The monoisotopic (exact) mass is 395 g/mol. The Morgan fingerprint density at radius 2 is 2.04 bits per heavy atom. The number of piperazine rings is 1. The van der Waals surface area contributed by atoms with Gasteiger partial charge in [-0.3, -0.25) is 0 Å². The lowest BCUT2D eigenvalue weighted by molar-refractivity contribution is 0.271. The molecule has 0 aromatic heterocycles. The van der Waals surface area contributed by atoms with Crippen molar-refractivity contribution in [3.8, 4) is 6.07 Å². The summed E-state index contributed by atoms with van der Waals surface area (Å²) >= 11 is 0. The van der Waals surface area contributed by atoms with Crippen LogP contribution in [0.4, 0.5) is 4.39 Å². The third kappa shape index (κ3) is 3.89. The van der Waals surface area contributed by atoms with Crippen LogP contribution in [-0.4, -0.2) is 32.4 Å². The van der Waals surface area contributed by atoms with Crippen LogP contribution in [0.1, 0.15) is 22.7 Å². The van der Waals surface area contributed by atoms with Crippen LogP contribution in [0.15, 0.2) is 47.4 Å². The lowest BCUT2D eigenvalue weighted by atomic mass is 10.1. The maximum Gasteiger partial charge on any atom is 0.243 e. The van der Waals surface area contributed by atoms with Gasteiger partial charge in [-0.05, 0) is 48.4 Å². The van der Waals surface area contributed by atoms with Gasteiger partial charge in [0.2, 0.25) is 10.0 Å². The molecule has 1 unspecified atom stereocenters. The summed E-state index contributed by atoms with van der Waals surface area (Å²) < 4.78 is 41.4.